The molecule has 0 radical (unpaired) electrons. The molecule has 2 N–H and O–H groups in total. The van der Waals surface area contributed by atoms with E-state index in [2.05, 4.69) is 197 Å². The second kappa shape index (κ2) is 17.6. The maximum atomic E-state index is 5.99. The molecule has 0 aliphatic carbocycles. The van der Waals surface area contributed by atoms with Gasteiger partial charge in [0.2, 0.25) is 0 Å². The number of hydrogen-bond acceptors (Lipinski definition) is 2. The number of nitrogens with zero attached hydrogens (tertiary/aromatic N) is 1. The minimum Gasteiger partial charge on any atom is -0.404 e. The molecule has 0 fully saturated rings. The normalized spacial score (nSPS) is 13.3. The molecule has 0 saturated carbocycles. The van der Waals surface area contributed by atoms with Crippen molar-refractivity contribution < 1.29 is 0 Å². The fraction of sp³-hybridized carbons (Fsp3) is 0.0926. The minimum absolute atomic E-state index is 0.199. The van der Waals surface area contributed by atoms with Crippen molar-refractivity contribution in [3.8, 4) is 22.3 Å². The minimum atomic E-state index is 0.199. The van der Waals surface area contributed by atoms with E-state index in [-0.39, 0.29) is 5.92 Å². The van der Waals surface area contributed by atoms with Gasteiger partial charge in [-0.1, -0.05) is 190 Å². The quantitative estimate of drug-likeness (QED) is 0.133. The molecule has 0 heterocycles. The summed E-state index contributed by atoms with van der Waals surface area (Å²) in [6.07, 6.45) is 6.50. The number of rotatable bonds is 11. The van der Waals surface area contributed by atoms with E-state index in [0.29, 0.717) is 0 Å². The zero-order valence-electron chi connectivity index (χ0n) is 32.5. The lowest BCUT2D eigenvalue weighted by Crippen LogP contribution is -2.27. The van der Waals surface area contributed by atoms with Crippen LogP contribution >= 0.6 is 0 Å². The average Bonchev–Trinajstić information content (AvgIpc) is 3.27. The molecule has 0 aliphatic heterocycles. The molecule has 0 aliphatic rings. The lowest BCUT2D eigenvalue weighted by molar-refractivity contribution is 0.924. The third-order valence-electron chi connectivity index (χ3n) is 10.8. The van der Waals surface area contributed by atoms with Gasteiger partial charge in [0.25, 0.3) is 0 Å². The third kappa shape index (κ3) is 8.16. The number of aryl methyl sites for hydroxylation is 1. The maximum Gasteiger partial charge on any atom is 0.0708 e. The fourth-order valence-corrected chi connectivity index (χ4v) is 7.63. The first-order valence-corrected chi connectivity index (χ1v) is 19.4. The van der Waals surface area contributed by atoms with Crippen molar-refractivity contribution >= 4 is 23.1 Å². The van der Waals surface area contributed by atoms with E-state index in [9.17, 15) is 0 Å². The van der Waals surface area contributed by atoms with Crippen molar-refractivity contribution in [2.24, 2.45) is 10.7 Å². The number of allylic oxidation sites excluding steroid dienone is 1. The smallest absolute Gasteiger partial charge is 0.0708 e. The summed E-state index contributed by atoms with van der Waals surface area (Å²) in [5.41, 5.74) is 22.3. The van der Waals surface area contributed by atoms with E-state index in [4.69, 9.17) is 10.7 Å². The molecular formula is C54H48N2. The summed E-state index contributed by atoms with van der Waals surface area (Å²) in [6.45, 7) is 10.7. The molecule has 0 amide bonds. The fourth-order valence-electron chi connectivity index (χ4n) is 7.63. The lowest BCUT2D eigenvalue weighted by atomic mass is 9.85. The summed E-state index contributed by atoms with van der Waals surface area (Å²) in [6, 6.07) is 62.8. The molecular weight excluding hydrogens is 677 g/mol. The Kier molecular flexibility index (Phi) is 11.8. The molecule has 2 nitrogen and oxygen atoms in total. The number of aliphatic imine (C=N–C) groups is 1. The van der Waals surface area contributed by atoms with Gasteiger partial charge in [-0.15, -0.1) is 0 Å². The van der Waals surface area contributed by atoms with Crippen LogP contribution in [0.4, 0.5) is 0 Å². The SMILES string of the molecule is C=C/N=C(\C=C(\c1ccc(/C(C)=c2\cccc\c2=C\N)cc1)c1cccc(-c2ccccc2)c1)c1ccc(C(C)c2ccccc2-c2ccccc2CC)cc1. The van der Waals surface area contributed by atoms with Crippen LogP contribution in [0, 0.1) is 0 Å². The largest absolute Gasteiger partial charge is 0.404 e. The molecule has 7 aromatic carbocycles. The highest BCUT2D eigenvalue weighted by molar-refractivity contribution is 6.14. The molecule has 2 heteroatoms. The van der Waals surface area contributed by atoms with Crippen LogP contribution in [-0.4, -0.2) is 5.71 Å². The van der Waals surface area contributed by atoms with Gasteiger partial charge in [-0.25, -0.2) is 0 Å². The van der Waals surface area contributed by atoms with E-state index in [1.54, 1.807) is 12.4 Å². The maximum absolute atomic E-state index is 5.99. The predicted molar refractivity (Wildman–Crippen MR) is 240 cm³/mol. The van der Waals surface area contributed by atoms with E-state index in [1.165, 1.54) is 39.0 Å². The van der Waals surface area contributed by atoms with Gasteiger partial charge in [0, 0.05) is 23.9 Å². The van der Waals surface area contributed by atoms with Crippen LogP contribution in [-0.2, 0) is 6.42 Å². The van der Waals surface area contributed by atoms with Crippen molar-refractivity contribution in [3.05, 3.63) is 244 Å². The summed E-state index contributed by atoms with van der Waals surface area (Å²) < 4.78 is 0. The van der Waals surface area contributed by atoms with Crippen molar-refractivity contribution in [2.75, 3.05) is 0 Å². The molecule has 0 bridgehead atoms. The Morgan fingerprint density at radius 3 is 1.98 bits per heavy atom. The second-order valence-electron chi connectivity index (χ2n) is 14.1. The van der Waals surface area contributed by atoms with Gasteiger partial charge in [-0.05, 0) is 103 Å². The lowest BCUT2D eigenvalue weighted by Gasteiger charge is -2.19. The predicted octanol–water partition coefficient (Wildman–Crippen LogP) is 11.7. The Morgan fingerprint density at radius 1 is 0.625 bits per heavy atom. The summed E-state index contributed by atoms with van der Waals surface area (Å²) in [5, 5.41) is 2.14. The van der Waals surface area contributed by atoms with Crippen LogP contribution in [0.15, 0.2) is 200 Å². The molecule has 0 saturated heterocycles. The first-order chi connectivity index (χ1) is 27.5. The zero-order valence-corrected chi connectivity index (χ0v) is 32.5. The van der Waals surface area contributed by atoms with E-state index in [0.717, 1.165) is 56.0 Å². The van der Waals surface area contributed by atoms with Gasteiger partial charge in [0.1, 0.15) is 0 Å². The Hall–Kier alpha value is -6.77. The van der Waals surface area contributed by atoms with Crippen LogP contribution in [0.3, 0.4) is 0 Å². The number of benzene rings is 7. The monoisotopic (exact) mass is 724 g/mol. The Bertz CT molecular complexity index is 2640. The van der Waals surface area contributed by atoms with Crippen LogP contribution in [0.1, 0.15) is 65.6 Å². The Morgan fingerprint density at radius 2 is 1.25 bits per heavy atom. The topological polar surface area (TPSA) is 38.4 Å². The van der Waals surface area contributed by atoms with Crippen LogP contribution in [0.25, 0.3) is 39.6 Å². The van der Waals surface area contributed by atoms with Gasteiger partial charge < -0.3 is 5.73 Å². The highest BCUT2D eigenvalue weighted by Crippen LogP contribution is 2.35. The second-order valence-corrected chi connectivity index (χ2v) is 14.1. The average molecular weight is 725 g/mol. The number of nitrogens with two attached hydrogens (primary N) is 1. The van der Waals surface area contributed by atoms with Gasteiger partial charge in [-0.2, -0.15) is 0 Å². The van der Waals surface area contributed by atoms with Gasteiger partial charge in [0.15, 0.2) is 0 Å². The molecule has 56 heavy (non-hydrogen) atoms. The molecule has 7 aromatic rings. The summed E-state index contributed by atoms with van der Waals surface area (Å²) >= 11 is 0. The molecule has 1 atom stereocenters. The van der Waals surface area contributed by atoms with Crippen LogP contribution in [0.5, 0.6) is 0 Å². The molecule has 274 valence electrons. The van der Waals surface area contributed by atoms with E-state index >= 15 is 0 Å². The Labute approximate surface area is 332 Å². The van der Waals surface area contributed by atoms with Gasteiger partial charge >= 0.3 is 0 Å². The Balaban J connectivity index is 1.29. The number of hydrogen-bond donors (Lipinski definition) is 1. The molecule has 7 rings (SSSR count). The van der Waals surface area contributed by atoms with Crippen molar-refractivity contribution in [1.29, 1.82) is 0 Å². The molecule has 0 spiro atoms. The van der Waals surface area contributed by atoms with Crippen molar-refractivity contribution in [3.63, 3.8) is 0 Å². The standard InChI is InChI=1S/C54H48N2/c1-5-40-17-10-13-25-51(40)52-26-15-14-24-50(52)39(4)42-29-33-45(34-30-42)54(56-6-2)36-53(47-22-16-21-46(35-47)43-18-8-7-9-19-43)44-31-27-41(28-32-44)38(3)49-23-12-11-20-48(49)37-55/h6-37,39H,2,5,55H2,1,3-4H3/b48-37-,49-38+,53-36-,56-54+. The highest BCUT2D eigenvalue weighted by Gasteiger charge is 2.17. The first kappa shape index (κ1) is 37.5. The molecule has 0 aromatic heterocycles. The molecule has 1 unspecified atom stereocenters. The van der Waals surface area contributed by atoms with Crippen molar-refractivity contribution in [2.45, 2.75) is 33.1 Å². The van der Waals surface area contributed by atoms with Crippen molar-refractivity contribution in [1.82, 2.24) is 0 Å². The van der Waals surface area contributed by atoms with Gasteiger partial charge in [0.05, 0.1) is 5.71 Å². The summed E-state index contributed by atoms with van der Waals surface area (Å²) in [4.78, 5) is 4.86. The van der Waals surface area contributed by atoms with E-state index in [1.807, 2.05) is 12.1 Å². The highest BCUT2D eigenvalue weighted by atomic mass is 14.7. The van der Waals surface area contributed by atoms with E-state index < -0.39 is 0 Å². The summed E-state index contributed by atoms with van der Waals surface area (Å²) in [5.74, 6) is 0.199. The van der Waals surface area contributed by atoms with Crippen LogP contribution < -0.4 is 16.2 Å². The summed E-state index contributed by atoms with van der Waals surface area (Å²) in [7, 11) is 0. The zero-order chi connectivity index (χ0) is 38.9. The first-order valence-electron chi connectivity index (χ1n) is 19.4. The van der Waals surface area contributed by atoms with Gasteiger partial charge in [-0.3, -0.25) is 4.99 Å². The van der Waals surface area contributed by atoms with Crippen LogP contribution in [0.2, 0.25) is 0 Å². The third-order valence-corrected chi connectivity index (χ3v) is 10.8.